The van der Waals surface area contributed by atoms with E-state index in [0.717, 1.165) is 47.0 Å². The van der Waals surface area contributed by atoms with E-state index >= 15 is 0 Å². The Morgan fingerprint density at radius 3 is 2.17 bits per heavy atom. The highest BCUT2D eigenvalue weighted by Crippen LogP contribution is 2.53. The molecule has 0 saturated carbocycles. The van der Waals surface area contributed by atoms with Crippen molar-refractivity contribution >= 4 is 55.3 Å². The van der Waals surface area contributed by atoms with Crippen molar-refractivity contribution in [3.63, 3.8) is 0 Å². The van der Waals surface area contributed by atoms with Crippen molar-refractivity contribution < 1.29 is 0 Å². The summed E-state index contributed by atoms with van der Waals surface area (Å²) in [4.78, 5) is 7.87. The Morgan fingerprint density at radius 1 is 0.542 bits per heavy atom. The van der Waals surface area contributed by atoms with Gasteiger partial charge in [0.15, 0.2) is 0 Å². The average molecular weight is 614 g/mol. The Kier molecular flexibility index (Phi) is 6.00. The Morgan fingerprint density at radius 2 is 1.33 bits per heavy atom. The fraction of sp³-hybridized carbons (Fsp3) is 0.0444. The minimum absolute atomic E-state index is 0.913. The van der Waals surface area contributed by atoms with E-state index in [-0.39, 0.29) is 0 Å². The van der Waals surface area contributed by atoms with Crippen LogP contribution in [0.5, 0.6) is 0 Å². The first-order chi connectivity index (χ1) is 23.8. The van der Waals surface area contributed by atoms with Crippen LogP contribution in [0.1, 0.15) is 18.5 Å². The maximum Gasteiger partial charge on any atom is 0.138 e. The Bertz CT molecular complexity index is 2600. The van der Waals surface area contributed by atoms with Crippen molar-refractivity contribution in [2.45, 2.75) is 12.8 Å². The molecule has 0 atom stereocenters. The van der Waals surface area contributed by atoms with E-state index in [9.17, 15) is 0 Å². The minimum atomic E-state index is 0.913. The second-order valence-corrected chi connectivity index (χ2v) is 12.7. The monoisotopic (exact) mass is 613 g/mol. The molecule has 226 valence electrons. The summed E-state index contributed by atoms with van der Waals surface area (Å²) in [7, 11) is 0. The molecule has 6 aromatic carbocycles. The molecule has 0 radical (unpaired) electrons. The maximum atomic E-state index is 5.47. The van der Waals surface area contributed by atoms with Crippen molar-refractivity contribution in [3.05, 3.63) is 170 Å². The number of aromatic nitrogens is 2. The number of hydrogen-bond donors (Lipinski definition) is 0. The zero-order valence-electron chi connectivity index (χ0n) is 26.3. The van der Waals surface area contributed by atoms with Crippen LogP contribution in [0.2, 0.25) is 0 Å². The molecule has 0 unspecified atom stereocenters. The molecule has 0 amide bonds. The molecule has 0 bridgehead atoms. The van der Waals surface area contributed by atoms with Crippen LogP contribution in [0.3, 0.4) is 0 Å². The number of rotatable bonds is 4. The molecule has 0 N–H and O–H groups in total. The molecule has 48 heavy (non-hydrogen) atoms. The third kappa shape index (κ3) is 4.11. The minimum Gasteiger partial charge on any atom is -0.309 e. The zero-order valence-corrected chi connectivity index (χ0v) is 26.3. The molecule has 0 fully saturated rings. The van der Waals surface area contributed by atoms with Gasteiger partial charge in [0.05, 0.1) is 28.1 Å². The summed E-state index contributed by atoms with van der Waals surface area (Å²) < 4.78 is 2.40. The van der Waals surface area contributed by atoms with E-state index in [1.54, 1.807) is 0 Å². The zero-order chi connectivity index (χ0) is 31.6. The standard InChI is InChI=1S/C45H31N3/c1-4-14-30(15-5-1)33-26-39(31-16-6-2-7-17-31)46-44(27-33)48-41-25-13-19-32-18-12-23-36(45(32)41)38-28-37-35-22-10-11-24-40(35)47(42(37)29-43(38)48)34-20-8-3-9-21-34/h1,3-6,8-29H,2,7H2. The average Bonchev–Trinajstić information content (AvgIpc) is 3.48. The quantitative estimate of drug-likeness (QED) is 0.197. The van der Waals surface area contributed by atoms with Crippen LogP contribution in [0.15, 0.2) is 164 Å². The molecule has 3 heteroatoms. The fourth-order valence-corrected chi connectivity index (χ4v) is 7.75. The highest BCUT2D eigenvalue weighted by Gasteiger charge is 2.29. The normalized spacial score (nSPS) is 13.7. The Labute approximate surface area is 279 Å². The van der Waals surface area contributed by atoms with E-state index in [2.05, 4.69) is 173 Å². The number of anilines is 3. The predicted molar refractivity (Wildman–Crippen MR) is 202 cm³/mol. The molecule has 10 rings (SSSR count). The SMILES string of the molecule is C1=CC(c2cc(-c3ccccc3)cc(N3c4cc5c(cc4-c4cccc6cccc3c46)c3ccccc3n5-c3ccccc3)n2)=CCC1. The van der Waals surface area contributed by atoms with E-state index in [0.29, 0.717) is 0 Å². The van der Waals surface area contributed by atoms with Crippen LogP contribution in [-0.2, 0) is 0 Å². The van der Waals surface area contributed by atoms with Crippen molar-refractivity contribution in [3.8, 4) is 27.9 Å². The van der Waals surface area contributed by atoms with E-state index in [1.807, 2.05) is 0 Å². The number of nitrogens with zero attached hydrogens (tertiary/aromatic N) is 3. The lowest BCUT2D eigenvalue weighted by Gasteiger charge is -2.33. The Hall–Kier alpha value is -6.19. The second kappa shape index (κ2) is 10.7. The Balaban J connectivity index is 1.32. The fourth-order valence-electron chi connectivity index (χ4n) is 7.75. The van der Waals surface area contributed by atoms with E-state index in [1.165, 1.54) is 54.8 Å². The van der Waals surface area contributed by atoms with Gasteiger partial charge in [0, 0.05) is 27.4 Å². The summed E-state index contributed by atoms with van der Waals surface area (Å²) in [5.74, 6) is 0.913. The van der Waals surface area contributed by atoms with Gasteiger partial charge < -0.3 is 4.57 Å². The molecule has 3 nitrogen and oxygen atoms in total. The van der Waals surface area contributed by atoms with Gasteiger partial charge in [0.1, 0.15) is 5.82 Å². The number of hydrogen-bond acceptors (Lipinski definition) is 2. The number of allylic oxidation sites excluding steroid dienone is 4. The van der Waals surface area contributed by atoms with Crippen LogP contribution in [0.25, 0.3) is 66.1 Å². The first-order valence-corrected chi connectivity index (χ1v) is 16.7. The van der Waals surface area contributed by atoms with Gasteiger partial charge in [0.2, 0.25) is 0 Å². The summed E-state index contributed by atoms with van der Waals surface area (Å²) in [6.07, 6.45) is 8.91. The molecular weight excluding hydrogens is 583 g/mol. The van der Waals surface area contributed by atoms with Gasteiger partial charge in [-0.3, -0.25) is 4.90 Å². The lowest BCUT2D eigenvalue weighted by molar-refractivity contribution is 1.04. The van der Waals surface area contributed by atoms with Gasteiger partial charge >= 0.3 is 0 Å². The van der Waals surface area contributed by atoms with Gasteiger partial charge in [-0.2, -0.15) is 0 Å². The summed E-state index contributed by atoms with van der Waals surface area (Å²) in [6, 6.07) is 52.8. The lowest BCUT2D eigenvalue weighted by Crippen LogP contribution is -2.17. The predicted octanol–water partition coefficient (Wildman–Crippen LogP) is 12.2. The molecule has 1 aliphatic heterocycles. The van der Waals surface area contributed by atoms with Gasteiger partial charge in [0.25, 0.3) is 0 Å². The van der Waals surface area contributed by atoms with Crippen LogP contribution >= 0.6 is 0 Å². The molecule has 0 saturated heterocycles. The lowest BCUT2D eigenvalue weighted by atomic mass is 9.90. The third-order valence-corrected chi connectivity index (χ3v) is 9.90. The molecule has 1 aliphatic carbocycles. The van der Waals surface area contributed by atoms with Crippen molar-refractivity contribution in [2.24, 2.45) is 0 Å². The van der Waals surface area contributed by atoms with Crippen molar-refractivity contribution in [1.82, 2.24) is 9.55 Å². The largest absolute Gasteiger partial charge is 0.309 e. The number of benzene rings is 6. The van der Waals surface area contributed by atoms with Gasteiger partial charge in [-0.15, -0.1) is 0 Å². The van der Waals surface area contributed by atoms with Crippen molar-refractivity contribution in [1.29, 1.82) is 0 Å². The van der Waals surface area contributed by atoms with E-state index in [4.69, 9.17) is 4.98 Å². The number of pyridine rings is 1. The molecule has 8 aromatic rings. The molecular formula is C45H31N3. The van der Waals surface area contributed by atoms with Gasteiger partial charge in [-0.05, 0) is 89.0 Å². The van der Waals surface area contributed by atoms with Gasteiger partial charge in [-0.25, -0.2) is 4.98 Å². The smallest absolute Gasteiger partial charge is 0.138 e. The third-order valence-electron chi connectivity index (χ3n) is 9.90. The summed E-state index contributed by atoms with van der Waals surface area (Å²) in [6.45, 7) is 0. The van der Waals surface area contributed by atoms with E-state index < -0.39 is 0 Å². The molecule has 3 heterocycles. The maximum absolute atomic E-state index is 5.47. The van der Waals surface area contributed by atoms with Crippen LogP contribution in [0.4, 0.5) is 17.2 Å². The van der Waals surface area contributed by atoms with Crippen molar-refractivity contribution in [2.75, 3.05) is 4.90 Å². The molecule has 2 aliphatic rings. The number of para-hydroxylation sites is 2. The first-order valence-electron chi connectivity index (χ1n) is 16.7. The molecule has 2 aromatic heterocycles. The molecule has 0 spiro atoms. The second-order valence-electron chi connectivity index (χ2n) is 12.7. The highest BCUT2D eigenvalue weighted by atomic mass is 15.2. The highest BCUT2D eigenvalue weighted by molar-refractivity contribution is 6.18. The van der Waals surface area contributed by atoms with Gasteiger partial charge in [-0.1, -0.05) is 115 Å². The van der Waals surface area contributed by atoms with Crippen LogP contribution < -0.4 is 4.90 Å². The number of fused-ring (bicyclic) bond motifs is 5. The van der Waals surface area contributed by atoms with Crippen LogP contribution in [-0.4, -0.2) is 9.55 Å². The summed E-state index contributed by atoms with van der Waals surface area (Å²) >= 11 is 0. The topological polar surface area (TPSA) is 21.1 Å². The summed E-state index contributed by atoms with van der Waals surface area (Å²) in [5.41, 5.74) is 12.8. The summed E-state index contributed by atoms with van der Waals surface area (Å²) in [5, 5.41) is 4.97. The van der Waals surface area contributed by atoms with Crippen LogP contribution in [0, 0.1) is 0 Å². The first kappa shape index (κ1) is 27.0.